The van der Waals surface area contributed by atoms with Gasteiger partial charge in [0.2, 0.25) is 0 Å². The number of hydrogen-bond donors (Lipinski definition) is 4. The Morgan fingerprint density at radius 3 is 2.50 bits per heavy atom. The smallest absolute Gasteiger partial charge is 0.326 e. The first kappa shape index (κ1) is 13.4. The summed E-state index contributed by atoms with van der Waals surface area (Å²) in [6.45, 7) is 0. The van der Waals surface area contributed by atoms with Crippen LogP contribution in [-0.4, -0.2) is 44.1 Å². The van der Waals surface area contributed by atoms with E-state index in [2.05, 4.69) is 9.97 Å². The van der Waals surface area contributed by atoms with Crippen molar-refractivity contribution in [2.45, 2.75) is 12.5 Å². The highest BCUT2D eigenvalue weighted by atomic mass is 16.4. The van der Waals surface area contributed by atoms with Gasteiger partial charge in [0.05, 0.1) is 12.6 Å². The third-order valence-corrected chi connectivity index (χ3v) is 1.89. The van der Waals surface area contributed by atoms with Crippen LogP contribution in [0.1, 0.15) is 16.9 Å². The Balaban J connectivity index is 2.78. The van der Waals surface area contributed by atoms with Gasteiger partial charge in [-0.1, -0.05) is 0 Å². The minimum atomic E-state index is -1.57. The first-order chi connectivity index (χ1) is 8.40. The van der Waals surface area contributed by atoms with E-state index >= 15 is 0 Å². The number of H-pyrrole nitrogens is 1. The van der Waals surface area contributed by atoms with Gasteiger partial charge in [-0.05, 0) is 0 Å². The van der Waals surface area contributed by atoms with Crippen molar-refractivity contribution in [1.29, 1.82) is 0 Å². The summed E-state index contributed by atoms with van der Waals surface area (Å²) >= 11 is 0. The highest BCUT2D eigenvalue weighted by Crippen LogP contribution is 1.96. The number of carboxylic acids is 2. The molecule has 4 N–H and O–H groups in total. The van der Waals surface area contributed by atoms with Gasteiger partial charge in [0, 0.05) is 6.20 Å². The van der Waals surface area contributed by atoms with Gasteiger partial charge in [0.15, 0.2) is 0 Å². The molecule has 1 aromatic rings. The number of carbonyl (C=O) groups is 3. The number of rotatable bonds is 5. The predicted molar refractivity (Wildman–Crippen MR) is 56.0 cm³/mol. The molecule has 0 fully saturated rings. The molecule has 0 saturated carbocycles. The molecule has 0 bridgehead atoms. The van der Waals surface area contributed by atoms with Crippen LogP contribution in [0.15, 0.2) is 17.2 Å². The summed E-state index contributed by atoms with van der Waals surface area (Å²) in [5.41, 5.74) is -0.738. The molecular formula is C9H9N3O6. The lowest BCUT2D eigenvalue weighted by atomic mass is 10.2. The quantitative estimate of drug-likeness (QED) is 0.496. The SMILES string of the molecule is O=C(O)CC(NC(=O)c1c[nH]c(=O)cn1)C(=O)O. The molecule has 0 saturated heterocycles. The maximum atomic E-state index is 11.5. The molecule has 1 rings (SSSR count). The summed E-state index contributed by atoms with van der Waals surface area (Å²) in [5, 5.41) is 19.2. The molecular weight excluding hydrogens is 246 g/mol. The summed E-state index contributed by atoms with van der Waals surface area (Å²) in [5.74, 6) is -3.73. The number of hydrogen-bond acceptors (Lipinski definition) is 5. The number of aliphatic carboxylic acids is 2. The number of nitrogens with one attached hydrogen (secondary N) is 2. The molecule has 1 atom stereocenters. The molecule has 1 unspecified atom stereocenters. The highest BCUT2D eigenvalue weighted by Gasteiger charge is 2.23. The van der Waals surface area contributed by atoms with Gasteiger partial charge < -0.3 is 20.5 Å². The summed E-state index contributed by atoms with van der Waals surface area (Å²) in [6.07, 6.45) is 1.09. The lowest BCUT2D eigenvalue weighted by molar-refractivity contribution is -0.145. The zero-order valence-corrected chi connectivity index (χ0v) is 8.91. The van der Waals surface area contributed by atoms with Gasteiger partial charge in [-0.15, -0.1) is 0 Å². The molecule has 9 nitrogen and oxygen atoms in total. The van der Waals surface area contributed by atoms with E-state index in [9.17, 15) is 19.2 Å². The minimum absolute atomic E-state index is 0.216. The van der Waals surface area contributed by atoms with E-state index in [1.54, 1.807) is 0 Å². The van der Waals surface area contributed by atoms with Crippen LogP contribution in [0.25, 0.3) is 0 Å². The van der Waals surface area contributed by atoms with Crippen LogP contribution in [0.4, 0.5) is 0 Å². The van der Waals surface area contributed by atoms with Gasteiger partial charge in [-0.2, -0.15) is 0 Å². The second-order valence-electron chi connectivity index (χ2n) is 3.26. The Kier molecular flexibility index (Phi) is 4.13. The standard InChI is InChI=1S/C9H9N3O6/c13-6-3-10-5(2-11-6)8(16)12-4(9(17)18)1-7(14)15/h2-4H,1H2,(H,11,13)(H,12,16)(H,14,15)(H,17,18). The average Bonchev–Trinajstić information content (AvgIpc) is 2.28. The van der Waals surface area contributed by atoms with Gasteiger partial charge in [-0.25, -0.2) is 9.78 Å². The third kappa shape index (κ3) is 3.70. The van der Waals surface area contributed by atoms with Crippen molar-refractivity contribution >= 4 is 17.8 Å². The fraction of sp³-hybridized carbons (Fsp3) is 0.222. The number of carboxylic acid groups (broad SMARTS) is 2. The highest BCUT2D eigenvalue weighted by molar-refractivity contribution is 5.95. The Morgan fingerprint density at radius 1 is 1.39 bits per heavy atom. The zero-order chi connectivity index (χ0) is 13.7. The Morgan fingerprint density at radius 2 is 2.06 bits per heavy atom. The number of amides is 1. The molecule has 0 radical (unpaired) electrons. The molecule has 9 heteroatoms. The summed E-state index contributed by atoms with van der Waals surface area (Å²) in [4.78, 5) is 49.0. The van der Waals surface area contributed by atoms with Crippen molar-refractivity contribution in [1.82, 2.24) is 15.3 Å². The minimum Gasteiger partial charge on any atom is -0.481 e. The monoisotopic (exact) mass is 255 g/mol. The molecule has 0 aliphatic rings. The van der Waals surface area contributed by atoms with E-state index in [-0.39, 0.29) is 5.69 Å². The summed E-state index contributed by atoms with van der Waals surface area (Å²) in [6, 6.07) is -1.57. The molecule has 0 spiro atoms. The Bertz CT molecular complexity index is 517. The normalized spacial score (nSPS) is 11.6. The predicted octanol–water partition coefficient (Wildman–Crippen LogP) is -1.57. The molecule has 1 heterocycles. The van der Waals surface area contributed by atoms with E-state index in [0.717, 1.165) is 12.4 Å². The number of aromatic nitrogens is 2. The van der Waals surface area contributed by atoms with Crippen LogP contribution < -0.4 is 10.9 Å². The third-order valence-electron chi connectivity index (χ3n) is 1.89. The van der Waals surface area contributed by atoms with E-state index in [4.69, 9.17) is 10.2 Å². The van der Waals surface area contributed by atoms with E-state index < -0.39 is 35.9 Å². The maximum absolute atomic E-state index is 11.5. The average molecular weight is 255 g/mol. The fourth-order valence-electron chi connectivity index (χ4n) is 1.07. The van der Waals surface area contributed by atoms with Crippen molar-refractivity contribution in [3.05, 3.63) is 28.4 Å². The van der Waals surface area contributed by atoms with Gasteiger partial charge >= 0.3 is 11.9 Å². The first-order valence-electron chi connectivity index (χ1n) is 4.70. The lowest BCUT2D eigenvalue weighted by Gasteiger charge is -2.11. The molecule has 96 valence electrons. The fourth-order valence-corrected chi connectivity index (χ4v) is 1.07. The van der Waals surface area contributed by atoms with Crippen molar-refractivity contribution < 1.29 is 24.6 Å². The van der Waals surface area contributed by atoms with Crippen molar-refractivity contribution in [2.75, 3.05) is 0 Å². The van der Waals surface area contributed by atoms with Crippen LogP contribution in [0.5, 0.6) is 0 Å². The van der Waals surface area contributed by atoms with Crippen molar-refractivity contribution in [3.63, 3.8) is 0 Å². The zero-order valence-electron chi connectivity index (χ0n) is 8.91. The van der Waals surface area contributed by atoms with Crippen LogP contribution in [0.3, 0.4) is 0 Å². The summed E-state index contributed by atoms with van der Waals surface area (Å²) < 4.78 is 0. The van der Waals surface area contributed by atoms with Crippen molar-refractivity contribution in [3.8, 4) is 0 Å². The Labute approximate surface area is 99.5 Å². The second kappa shape index (κ2) is 5.57. The lowest BCUT2D eigenvalue weighted by Crippen LogP contribution is -2.42. The molecule has 0 aliphatic carbocycles. The molecule has 1 amide bonds. The first-order valence-corrected chi connectivity index (χ1v) is 4.70. The van der Waals surface area contributed by atoms with E-state index in [1.807, 2.05) is 5.32 Å². The van der Waals surface area contributed by atoms with Gasteiger partial charge in [0.1, 0.15) is 11.7 Å². The molecule has 0 aliphatic heterocycles. The maximum Gasteiger partial charge on any atom is 0.326 e. The largest absolute Gasteiger partial charge is 0.481 e. The number of nitrogens with zero attached hydrogens (tertiary/aromatic N) is 1. The molecule has 18 heavy (non-hydrogen) atoms. The molecule has 1 aromatic heterocycles. The number of aromatic amines is 1. The molecule has 0 aromatic carbocycles. The second-order valence-corrected chi connectivity index (χ2v) is 3.26. The van der Waals surface area contributed by atoms with Crippen LogP contribution >= 0.6 is 0 Å². The van der Waals surface area contributed by atoms with E-state index in [1.165, 1.54) is 0 Å². The topological polar surface area (TPSA) is 149 Å². The van der Waals surface area contributed by atoms with Crippen LogP contribution in [0, 0.1) is 0 Å². The van der Waals surface area contributed by atoms with Crippen molar-refractivity contribution in [2.24, 2.45) is 0 Å². The van der Waals surface area contributed by atoms with Gasteiger partial charge in [0.25, 0.3) is 11.5 Å². The summed E-state index contributed by atoms with van der Waals surface area (Å²) in [7, 11) is 0. The Hall–Kier alpha value is -2.71. The van der Waals surface area contributed by atoms with E-state index in [0.29, 0.717) is 0 Å². The van der Waals surface area contributed by atoms with Gasteiger partial charge in [-0.3, -0.25) is 14.4 Å². The number of carbonyl (C=O) groups excluding carboxylic acids is 1. The van der Waals surface area contributed by atoms with Crippen LogP contribution in [-0.2, 0) is 9.59 Å². The van der Waals surface area contributed by atoms with Crippen LogP contribution in [0.2, 0.25) is 0 Å².